The van der Waals surface area contributed by atoms with E-state index in [0.29, 0.717) is 38.6 Å². The number of carbonyl (C=O) groups excluding carboxylic acids is 1. The van der Waals surface area contributed by atoms with Crippen molar-refractivity contribution in [3.05, 3.63) is 49.9 Å². The maximum absolute atomic E-state index is 11.0. The second-order valence-corrected chi connectivity index (χ2v) is 5.91. The van der Waals surface area contributed by atoms with E-state index in [1.807, 2.05) is 0 Å². The number of methoxy groups -OCH3 is 1. The van der Waals surface area contributed by atoms with Crippen LogP contribution in [0.1, 0.15) is 10.4 Å². The lowest BCUT2D eigenvalue weighted by Gasteiger charge is -2.13. The molecule has 104 valence electrons. The quantitative estimate of drug-likeness (QED) is 0.615. The third-order valence-corrected chi connectivity index (χ3v) is 4.08. The molecule has 0 N–H and O–H groups in total. The van der Waals surface area contributed by atoms with Crippen molar-refractivity contribution in [2.75, 3.05) is 7.11 Å². The molecule has 0 aliphatic heterocycles. The van der Waals surface area contributed by atoms with E-state index in [9.17, 15) is 4.79 Å². The van der Waals surface area contributed by atoms with E-state index < -0.39 is 0 Å². The zero-order chi connectivity index (χ0) is 14.7. The Hall–Kier alpha value is -1.04. The monoisotopic (exact) mass is 418 g/mol. The molecule has 0 aliphatic carbocycles. The van der Waals surface area contributed by atoms with Crippen LogP contribution in [0.2, 0.25) is 5.02 Å². The number of carbonyl (C=O) groups is 1. The fourth-order valence-corrected chi connectivity index (χ4v) is 2.69. The molecule has 0 saturated carbocycles. The van der Waals surface area contributed by atoms with Gasteiger partial charge in [0.2, 0.25) is 0 Å². The van der Waals surface area contributed by atoms with Gasteiger partial charge in [-0.3, -0.25) is 4.79 Å². The lowest BCUT2D eigenvalue weighted by Crippen LogP contribution is -1.93. The van der Waals surface area contributed by atoms with Crippen LogP contribution in [0.3, 0.4) is 0 Å². The Labute approximate surface area is 138 Å². The number of hydrogen-bond acceptors (Lipinski definition) is 3. The minimum Gasteiger partial charge on any atom is -0.496 e. The number of aldehydes is 1. The number of hydrogen-bond donors (Lipinski definition) is 0. The first-order valence-electron chi connectivity index (χ1n) is 5.51. The van der Waals surface area contributed by atoms with E-state index in [0.717, 1.165) is 4.47 Å². The van der Waals surface area contributed by atoms with Crippen LogP contribution in [-0.2, 0) is 0 Å². The number of para-hydroxylation sites is 1. The Kier molecular flexibility index (Phi) is 5.07. The summed E-state index contributed by atoms with van der Waals surface area (Å²) in [4.78, 5) is 11.0. The normalized spacial score (nSPS) is 10.2. The standard InChI is InChI=1S/C14H9Br2ClO3/c1-19-12-5-10(16)13(6-9(12)15)20-14-8(7-18)3-2-4-11(14)17/h2-7H,1H3. The van der Waals surface area contributed by atoms with Gasteiger partial charge in [-0.1, -0.05) is 17.7 Å². The molecule has 20 heavy (non-hydrogen) atoms. The number of ether oxygens (including phenoxy) is 2. The van der Waals surface area contributed by atoms with Gasteiger partial charge in [0.1, 0.15) is 11.5 Å². The highest BCUT2D eigenvalue weighted by atomic mass is 79.9. The van der Waals surface area contributed by atoms with Gasteiger partial charge in [0.15, 0.2) is 12.0 Å². The van der Waals surface area contributed by atoms with Crippen LogP contribution in [0.5, 0.6) is 17.2 Å². The second-order valence-electron chi connectivity index (χ2n) is 3.80. The molecular formula is C14H9Br2ClO3. The van der Waals surface area contributed by atoms with Crippen molar-refractivity contribution in [2.45, 2.75) is 0 Å². The van der Waals surface area contributed by atoms with Gasteiger partial charge in [-0.2, -0.15) is 0 Å². The Balaban J connectivity index is 2.45. The van der Waals surface area contributed by atoms with Crippen molar-refractivity contribution < 1.29 is 14.3 Å². The minimum atomic E-state index is 0.321. The van der Waals surface area contributed by atoms with Crippen LogP contribution < -0.4 is 9.47 Å². The number of rotatable bonds is 4. The molecule has 0 radical (unpaired) electrons. The Morgan fingerprint density at radius 1 is 1.15 bits per heavy atom. The zero-order valence-corrected chi connectivity index (χ0v) is 14.3. The lowest BCUT2D eigenvalue weighted by molar-refractivity contribution is 0.112. The molecule has 0 aliphatic rings. The van der Waals surface area contributed by atoms with Crippen LogP contribution >= 0.6 is 43.5 Å². The Morgan fingerprint density at radius 2 is 1.80 bits per heavy atom. The molecule has 0 aromatic heterocycles. The average molecular weight is 420 g/mol. The third kappa shape index (κ3) is 3.16. The fourth-order valence-electron chi connectivity index (χ4n) is 1.58. The predicted molar refractivity (Wildman–Crippen MR) is 85.3 cm³/mol. The first-order chi connectivity index (χ1) is 9.56. The van der Waals surface area contributed by atoms with Gasteiger partial charge in [0.05, 0.1) is 26.6 Å². The number of benzene rings is 2. The molecule has 2 aromatic carbocycles. The molecule has 2 aromatic rings. The first kappa shape index (κ1) is 15.4. The zero-order valence-electron chi connectivity index (χ0n) is 10.3. The molecule has 0 bridgehead atoms. The summed E-state index contributed by atoms with van der Waals surface area (Å²) in [5, 5.41) is 0.369. The maximum Gasteiger partial charge on any atom is 0.156 e. The van der Waals surface area contributed by atoms with E-state index in [1.54, 1.807) is 37.4 Å². The van der Waals surface area contributed by atoms with Crippen molar-refractivity contribution in [3.63, 3.8) is 0 Å². The van der Waals surface area contributed by atoms with Gasteiger partial charge in [0.25, 0.3) is 0 Å². The molecule has 0 amide bonds. The molecule has 0 fully saturated rings. The van der Waals surface area contributed by atoms with Crippen LogP contribution in [-0.4, -0.2) is 13.4 Å². The molecular weight excluding hydrogens is 411 g/mol. The van der Waals surface area contributed by atoms with Crippen molar-refractivity contribution in [1.29, 1.82) is 0 Å². The van der Waals surface area contributed by atoms with Gasteiger partial charge >= 0.3 is 0 Å². The molecule has 0 spiro atoms. The second kappa shape index (κ2) is 6.61. The van der Waals surface area contributed by atoms with Crippen LogP contribution in [0, 0.1) is 0 Å². The minimum absolute atomic E-state index is 0.321. The van der Waals surface area contributed by atoms with E-state index in [1.165, 1.54) is 0 Å². The Bertz CT molecular complexity index is 659. The molecule has 0 unspecified atom stereocenters. The molecule has 2 rings (SSSR count). The van der Waals surface area contributed by atoms with E-state index >= 15 is 0 Å². The van der Waals surface area contributed by atoms with Crippen LogP contribution in [0.4, 0.5) is 0 Å². The summed E-state index contributed by atoms with van der Waals surface area (Å²) >= 11 is 12.8. The summed E-state index contributed by atoms with van der Waals surface area (Å²) in [6.45, 7) is 0. The SMILES string of the molecule is COc1cc(Br)c(Oc2c(Cl)cccc2C=O)cc1Br. The van der Waals surface area contributed by atoms with Crippen LogP contribution in [0.25, 0.3) is 0 Å². The van der Waals surface area contributed by atoms with Gasteiger partial charge in [0, 0.05) is 0 Å². The highest BCUT2D eigenvalue weighted by Gasteiger charge is 2.13. The van der Waals surface area contributed by atoms with Crippen molar-refractivity contribution in [3.8, 4) is 17.2 Å². The smallest absolute Gasteiger partial charge is 0.156 e. The maximum atomic E-state index is 11.0. The lowest BCUT2D eigenvalue weighted by atomic mass is 10.2. The van der Waals surface area contributed by atoms with Gasteiger partial charge in [-0.25, -0.2) is 0 Å². The van der Waals surface area contributed by atoms with Gasteiger partial charge in [-0.15, -0.1) is 0 Å². The fraction of sp³-hybridized carbons (Fsp3) is 0.0714. The summed E-state index contributed by atoms with van der Waals surface area (Å²) in [7, 11) is 1.58. The van der Waals surface area contributed by atoms with E-state index in [4.69, 9.17) is 21.1 Å². The highest BCUT2D eigenvalue weighted by Crippen LogP contribution is 2.40. The molecule has 0 atom stereocenters. The average Bonchev–Trinajstić information content (AvgIpc) is 2.44. The van der Waals surface area contributed by atoms with Gasteiger partial charge in [-0.05, 0) is 56.1 Å². The molecule has 0 saturated heterocycles. The van der Waals surface area contributed by atoms with E-state index in [-0.39, 0.29) is 0 Å². The summed E-state index contributed by atoms with van der Waals surface area (Å²) in [5.41, 5.74) is 0.386. The predicted octanol–water partition coefficient (Wildman–Crippen LogP) is 5.48. The topological polar surface area (TPSA) is 35.5 Å². The van der Waals surface area contributed by atoms with Crippen molar-refractivity contribution >= 4 is 49.7 Å². The van der Waals surface area contributed by atoms with Crippen LogP contribution in [0.15, 0.2) is 39.3 Å². The molecule has 0 heterocycles. The Morgan fingerprint density at radius 3 is 2.45 bits per heavy atom. The van der Waals surface area contributed by atoms with Crippen molar-refractivity contribution in [2.24, 2.45) is 0 Å². The number of halogens is 3. The summed E-state index contributed by atoms with van der Waals surface area (Å²) in [5.74, 6) is 1.51. The van der Waals surface area contributed by atoms with Crippen molar-refractivity contribution in [1.82, 2.24) is 0 Å². The molecule has 3 nitrogen and oxygen atoms in total. The summed E-state index contributed by atoms with van der Waals surface area (Å²) in [6.07, 6.45) is 0.702. The summed E-state index contributed by atoms with van der Waals surface area (Å²) < 4.78 is 12.4. The van der Waals surface area contributed by atoms with E-state index in [2.05, 4.69) is 31.9 Å². The third-order valence-electron chi connectivity index (χ3n) is 2.54. The first-order valence-corrected chi connectivity index (χ1v) is 7.47. The highest BCUT2D eigenvalue weighted by molar-refractivity contribution is 9.11. The van der Waals surface area contributed by atoms with Gasteiger partial charge < -0.3 is 9.47 Å². The molecule has 6 heteroatoms. The largest absolute Gasteiger partial charge is 0.496 e. The summed E-state index contributed by atoms with van der Waals surface area (Å²) in [6, 6.07) is 8.49.